The van der Waals surface area contributed by atoms with Gasteiger partial charge in [0.15, 0.2) is 0 Å². The van der Waals surface area contributed by atoms with Gasteiger partial charge in [-0.2, -0.15) is 0 Å². The molecular weight excluding hydrogens is 330 g/mol. The molecule has 2 heterocycles. The van der Waals surface area contributed by atoms with Crippen LogP contribution >= 0.6 is 50.2 Å². The molecule has 2 rings (SSSR count). The van der Waals surface area contributed by atoms with Crippen LogP contribution in [0.1, 0.15) is 15.2 Å². The number of carbonyl (C=O) groups is 1. The Hall–Kier alpha value is -0.360. The van der Waals surface area contributed by atoms with Gasteiger partial charge in [-0.3, -0.25) is 4.79 Å². The van der Waals surface area contributed by atoms with Crippen LogP contribution in [0.3, 0.4) is 0 Å². The number of thiophene rings is 2. The van der Waals surface area contributed by atoms with Gasteiger partial charge in [-0.25, -0.2) is 0 Å². The maximum atomic E-state index is 11.7. The average Bonchev–Trinajstić information content (AvgIpc) is 2.84. The van der Waals surface area contributed by atoms with E-state index in [0.717, 1.165) is 9.35 Å². The first kappa shape index (κ1) is 12.1. The van der Waals surface area contributed by atoms with E-state index in [9.17, 15) is 4.79 Å². The molecule has 0 aliphatic heterocycles. The summed E-state index contributed by atoms with van der Waals surface area (Å²) in [6, 6.07) is 5.44. The SMILES string of the molecule is O=C(NCc1csc(Br)c1)c1ccc(Cl)s1. The highest BCUT2D eigenvalue weighted by Crippen LogP contribution is 2.22. The molecule has 0 aliphatic rings. The van der Waals surface area contributed by atoms with E-state index in [0.29, 0.717) is 15.8 Å². The smallest absolute Gasteiger partial charge is 0.261 e. The van der Waals surface area contributed by atoms with Crippen molar-refractivity contribution in [1.29, 1.82) is 0 Å². The summed E-state index contributed by atoms with van der Waals surface area (Å²) in [5.74, 6) is -0.0841. The van der Waals surface area contributed by atoms with Crippen molar-refractivity contribution >= 4 is 56.1 Å². The van der Waals surface area contributed by atoms with Crippen LogP contribution in [0.25, 0.3) is 0 Å². The maximum absolute atomic E-state index is 11.7. The second kappa shape index (κ2) is 5.31. The molecule has 0 aliphatic carbocycles. The van der Waals surface area contributed by atoms with Crippen molar-refractivity contribution in [1.82, 2.24) is 5.32 Å². The molecule has 0 bridgehead atoms. The van der Waals surface area contributed by atoms with Crippen molar-refractivity contribution in [2.45, 2.75) is 6.54 Å². The minimum absolute atomic E-state index is 0.0841. The van der Waals surface area contributed by atoms with Crippen molar-refractivity contribution in [2.75, 3.05) is 0 Å². The summed E-state index contributed by atoms with van der Waals surface area (Å²) >= 11 is 12.0. The van der Waals surface area contributed by atoms with Crippen molar-refractivity contribution in [2.24, 2.45) is 0 Å². The quantitative estimate of drug-likeness (QED) is 0.896. The van der Waals surface area contributed by atoms with E-state index in [2.05, 4.69) is 21.2 Å². The second-order valence-corrected chi connectivity index (χ2v) is 7.05. The molecule has 0 atom stereocenters. The normalized spacial score (nSPS) is 10.4. The lowest BCUT2D eigenvalue weighted by atomic mass is 10.3. The van der Waals surface area contributed by atoms with E-state index in [-0.39, 0.29) is 5.91 Å². The first-order valence-corrected chi connectivity index (χ1v) is 7.28. The van der Waals surface area contributed by atoms with Crippen LogP contribution in [0.2, 0.25) is 4.34 Å². The summed E-state index contributed by atoms with van der Waals surface area (Å²) in [6.45, 7) is 0.538. The number of hydrogen-bond acceptors (Lipinski definition) is 3. The lowest BCUT2D eigenvalue weighted by molar-refractivity contribution is 0.0955. The van der Waals surface area contributed by atoms with Gasteiger partial charge in [-0.15, -0.1) is 22.7 Å². The van der Waals surface area contributed by atoms with Gasteiger partial charge in [0.1, 0.15) is 0 Å². The fourth-order valence-corrected chi connectivity index (χ4v) is 3.31. The number of nitrogens with one attached hydrogen (secondary N) is 1. The van der Waals surface area contributed by atoms with Gasteiger partial charge in [-0.05, 0) is 45.1 Å². The maximum Gasteiger partial charge on any atom is 0.261 e. The molecule has 0 aromatic carbocycles. The molecule has 0 unspecified atom stereocenters. The third kappa shape index (κ3) is 3.07. The molecule has 6 heteroatoms. The van der Waals surface area contributed by atoms with E-state index in [4.69, 9.17) is 11.6 Å². The van der Waals surface area contributed by atoms with E-state index in [1.165, 1.54) is 11.3 Å². The Morgan fingerprint density at radius 1 is 1.50 bits per heavy atom. The van der Waals surface area contributed by atoms with Crippen LogP contribution in [0.15, 0.2) is 27.4 Å². The number of amides is 1. The van der Waals surface area contributed by atoms with Gasteiger partial charge >= 0.3 is 0 Å². The highest BCUT2D eigenvalue weighted by Gasteiger charge is 2.08. The van der Waals surface area contributed by atoms with Crippen LogP contribution in [0.4, 0.5) is 0 Å². The van der Waals surface area contributed by atoms with Gasteiger partial charge in [-0.1, -0.05) is 11.6 Å². The fourth-order valence-electron chi connectivity index (χ4n) is 1.14. The zero-order valence-electron chi connectivity index (χ0n) is 8.00. The molecule has 0 saturated carbocycles. The zero-order chi connectivity index (χ0) is 11.5. The highest BCUT2D eigenvalue weighted by atomic mass is 79.9. The third-order valence-corrected chi connectivity index (χ3v) is 4.66. The molecule has 1 amide bonds. The molecule has 2 aromatic heterocycles. The van der Waals surface area contributed by atoms with Crippen LogP contribution in [0.5, 0.6) is 0 Å². The number of hydrogen-bond donors (Lipinski definition) is 1. The van der Waals surface area contributed by atoms with Crippen molar-refractivity contribution < 1.29 is 4.79 Å². The minimum atomic E-state index is -0.0841. The Balaban J connectivity index is 1.93. The predicted octanol–water partition coefficient (Wildman–Crippen LogP) is 4.16. The summed E-state index contributed by atoms with van der Waals surface area (Å²) in [7, 11) is 0. The van der Waals surface area contributed by atoms with Crippen LogP contribution in [-0.4, -0.2) is 5.91 Å². The minimum Gasteiger partial charge on any atom is -0.347 e. The number of rotatable bonds is 3. The fraction of sp³-hybridized carbons (Fsp3) is 0.100. The number of halogens is 2. The zero-order valence-corrected chi connectivity index (χ0v) is 12.0. The summed E-state index contributed by atoms with van der Waals surface area (Å²) in [5.41, 5.74) is 1.09. The summed E-state index contributed by atoms with van der Waals surface area (Å²) in [6.07, 6.45) is 0. The molecule has 2 aromatic rings. The molecule has 16 heavy (non-hydrogen) atoms. The van der Waals surface area contributed by atoms with Crippen LogP contribution in [0, 0.1) is 0 Å². The number of carbonyl (C=O) groups excluding carboxylic acids is 1. The van der Waals surface area contributed by atoms with Crippen LogP contribution in [-0.2, 0) is 6.54 Å². The van der Waals surface area contributed by atoms with E-state index < -0.39 is 0 Å². The Morgan fingerprint density at radius 3 is 2.88 bits per heavy atom. The molecule has 0 fully saturated rings. The lowest BCUT2D eigenvalue weighted by Gasteiger charge is -2.00. The molecular formula is C10H7BrClNOS2. The summed E-state index contributed by atoms with van der Waals surface area (Å²) in [5, 5.41) is 4.85. The van der Waals surface area contributed by atoms with E-state index in [1.54, 1.807) is 23.5 Å². The van der Waals surface area contributed by atoms with Gasteiger partial charge in [0, 0.05) is 6.54 Å². The van der Waals surface area contributed by atoms with E-state index >= 15 is 0 Å². The molecule has 2 nitrogen and oxygen atoms in total. The monoisotopic (exact) mass is 335 g/mol. The summed E-state index contributed by atoms with van der Waals surface area (Å²) < 4.78 is 1.69. The van der Waals surface area contributed by atoms with Crippen molar-refractivity contribution in [3.05, 3.63) is 42.1 Å². The van der Waals surface area contributed by atoms with Gasteiger partial charge in [0.2, 0.25) is 0 Å². The predicted molar refractivity (Wildman–Crippen MR) is 72.5 cm³/mol. The Labute approximate surface area is 114 Å². The Morgan fingerprint density at radius 2 is 2.31 bits per heavy atom. The Bertz CT molecular complexity index is 508. The van der Waals surface area contributed by atoms with Gasteiger partial charge in [0.05, 0.1) is 13.0 Å². The largest absolute Gasteiger partial charge is 0.347 e. The average molecular weight is 337 g/mol. The second-order valence-electron chi connectivity index (χ2n) is 3.05. The third-order valence-electron chi connectivity index (χ3n) is 1.87. The van der Waals surface area contributed by atoms with Crippen molar-refractivity contribution in [3.63, 3.8) is 0 Å². The molecule has 0 radical (unpaired) electrons. The molecule has 1 N–H and O–H groups in total. The summed E-state index contributed by atoms with van der Waals surface area (Å²) in [4.78, 5) is 12.3. The first-order chi connectivity index (χ1) is 7.65. The Kier molecular flexibility index (Phi) is 4.02. The lowest BCUT2D eigenvalue weighted by Crippen LogP contribution is -2.21. The molecule has 0 spiro atoms. The van der Waals surface area contributed by atoms with Crippen molar-refractivity contribution in [3.8, 4) is 0 Å². The van der Waals surface area contributed by atoms with E-state index in [1.807, 2.05) is 11.4 Å². The van der Waals surface area contributed by atoms with Gasteiger partial charge in [0.25, 0.3) is 5.91 Å². The molecule has 84 valence electrons. The standard InChI is InChI=1S/C10H7BrClNOS2/c11-8-3-6(5-15-8)4-13-10(14)7-1-2-9(12)16-7/h1-3,5H,4H2,(H,13,14). The highest BCUT2D eigenvalue weighted by molar-refractivity contribution is 9.11. The topological polar surface area (TPSA) is 29.1 Å². The molecule has 0 saturated heterocycles. The first-order valence-electron chi connectivity index (χ1n) is 4.41. The van der Waals surface area contributed by atoms with Gasteiger partial charge < -0.3 is 5.32 Å². The van der Waals surface area contributed by atoms with Crippen LogP contribution < -0.4 is 5.32 Å².